The number of thiophene rings is 1. The number of carbonyl (C=O) groups is 2. The number of ether oxygens (including phenoxy) is 2. The highest BCUT2D eigenvalue weighted by molar-refractivity contribution is 7.94. The summed E-state index contributed by atoms with van der Waals surface area (Å²) in [7, 11) is -2.07. The number of benzene rings is 1. The van der Waals surface area contributed by atoms with Gasteiger partial charge in [-0.15, -0.1) is 11.3 Å². The number of hydrogen-bond donors (Lipinski definition) is 3. The summed E-state index contributed by atoms with van der Waals surface area (Å²) in [6.07, 6.45) is 7.25. The predicted octanol–water partition coefficient (Wildman–Crippen LogP) is 5.32. The van der Waals surface area contributed by atoms with E-state index < -0.39 is 22.0 Å². The SMILES string of the molecule is C[C@H]1CCCCO[C@@H](CN(C)C(=O)NC2CCCCC2)[C@@H](C)CN([C@@H](C)CO)C(=O)c2cc(NS(=O)(=O)c3cccs3)ccc2O1. The van der Waals surface area contributed by atoms with Crippen molar-refractivity contribution in [1.29, 1.82) is 0 Å². The Labute approximate surface area is 277 Å². The molecule has 1 aliphatic carbocycles. The van der Waals surface area contributed by atoms with Gasteiger partial charge in [0.15, 0.2) is 0 Å². The molecule has 4 rings (SSSR count). The summed E-state index contributed by atoms with van der Waals surface area (Å²) in [5.74, 6) is -0.245. The molecule has 0 unspecified atom stereocenters. The molecule has 0 saturated heterocycles. The maximum atomic E-state index is 14.3. The predicted molar refractivity (Wildman–Crippen MR) is 180 cm³/mol. The first-order valence-electron chi connectivity index (χ1n) is 16.4. The van der Waals surface area contributed by atoms with Gasteiger partial charge in [0.05, 0.1) is 30.4 Å². The van der Waals surface area contributed by atoms with Gasteiger partial charge < -0.3 is 29.7 Å². The van der Waals surface area contributed by atoms with Gasteiger partial charge in [0.1, 0.15) is 9.96 Å². The van der Waals surface area contributed by atoms with Gasteiger partial charge in [-0.25, -0.2) is 13.2 Å². The summed E-state index contributed by atoms with van der Waals surface area (Å²) < 4.78 is 41.3. The number of amides is 3. The van der Waals surface area contributed by atoms with E-state index in [1.165, 1.54) is 18.6 Å². The van der Waals surface area contributed by atoms with Gasteiger partial charge >= 0.3 is 6.03 Å². The number of anilines is 1. The molecule has 2 heterocycles. The average Bonchev–Trinajstić information content (AvgIpc) is 3.59. The van der Waals surface area contributed by atoms with E-state index in [0.717, 1.165) is 56.3 Å². The van der Waals surface area contributed by atoms with Crippen molar-refractivity contribution in [2.45, 2.75) is 101 Å². The first-order chi connectivity index (χ1) is 22.0. The number of nitrogens with zero attached hydrogens (tertiary/aromatic N) is 2. The summed E-state index contributed by atoms with van der Waals surface area (Å²) in [5, 5.41) is 15.0. The standard InChI is InChI=1S/C33H50N4O7S2/c1-23-20-37(24(2)22-38)32(39)28-19-27(35-46(41,42)31-14-10-18-45-31)15-16-29(28)44-25(3)11-8-9-17-43-30(23)21-36(4)33(40)34-26-12-6-5-7-13-26/h10,14-16,18-19,23-26,30,35,38H,5-9,11-13,17,20-22H2,1-4H3,(H,34,40)/t23-,24-,25-,30-/m0/s1. The lowest BCUT2D eigenvalue weighted by atomic mass is 9.96. The van der Waals surface area contributed by atoms with Crippen LogP contribution in [0.15, 0.2) is 39.9 Å². The number of rotatable bonds is 8. The highest BCUT2D eigenvalue weighted by Crippen LogP contribution is 2.30. The van der Waals surface area contributed by atoms with Crippen LogP contribution in [-0.4, -0.2) is 92.9 Å². The number of hydrogen-bond acceptors (Lipinski definition) is 8. The molecule has 2 aromatic rings. The molecule has 0 bridgehead atoms. The number of carbonyl (C=O) groups excluding carboxylic acids is 2. The summed E-state index contributed by atoms with van der Waals surface area (Å²) >= 11 is 1.10. The molecule has 2 aliphatic rings. The maximum absolute atomic E-state index is 14.3. The lowest BCUT2D eigenvalue weighted by Gasteiger charge is -2.36. The van der Waals surface area contributed by atoms with Crippen LogP contribution in [-0.2, 0) is 14.8 Å². The molecule has 0 spiro atoms. The van der Waals surface area contributed by atoms with Gasteiger partial charge in [-0.1, -0.05) is 32.3 Å². The van der Waals surface area contributed by atoms with Crippen molar-refractivity contribution in [2.24, 2.45) is 5.92 Å². The molecule has 1 saturated carbocycles. The Morgan fingerprint density at radius 2 is 1.87 bits per heavy atom. The van der Waals surface area contributed by atoms with Crippen LogP contribution >= 0.6 is 11.3 Å². The average molecular weight is 679 g/mol. The number of nitrogens with one attached hydrogen (secondary N) is 2. The van der Waals surface area contributed by atoms with Crippen molar-refractivity contribution in [3.8, 4) is 5.75 Å². The first kappa shape index (κ1) is 36.0. The minimum absolute atomic E-state index is 0.129. The summed E-state index contributed by atoms with van der Waals surface area (Å²) in [6, 6.07) is 7.41. The molecule has 13 heteroatoms. The van der Waals surface area contributed by atoms with Crippen LogP contribution in [0.3, 0.4) is 0 Å². The van der Waals surface area contributed by atoms with Crippen LogP contribution in [0.1, 0.15) is 82.5 Å². The van der Waals surface area contributed by atoms with E-state index in [1.54, 1.807) is 47.4 Å². The summed E-state index contributed by atoms with van der Waals surface area (Å²) in [5.41, 5.74) is 0.429. The molecule has 0 radical (unpaired) electrons. The number of aliphatic hydroxyl groups is 1. The topological polar surface area (TPSA) is 138 Å². The number of likely N-dealkylation sites (N-methyl/N-ethyl adjacent to an activating group) is 1. The van der Waals surface area contributed by atoms with Crippen LogP contribution in [0.4, 0.5) is 10.5 Å². The number of sulfonamides is 1. The van der Waals surface area contributed by atoms with Crippen molar-refractivity contribution < 1.29 is 32.6 Å². The van der Waals surface area contributed by atoms with Crippen molar-refractivity contribution in [3.63, 3.8) is 0 Å². The molecule has 256 valence electrons. The minimum atomic E-state index is -3.84. The van der Waals surface area contributed by atoms with Crippen molar-refractivity contribution in [2.75, 3.05) is 38.1 Å². The van der Waals surface area contributed by atoms with Crippen molar-refractivity contribution in [1.82, 2.24) is 15.1 Å². The fourth-order valence-corrected chi connectivity index (χ4v) is 8.00. The molecule has 3 N–H and O–H groups in total. The molecular formula is C33H50N4O7S2. The zero-order valence-electron chi connectivity index (χ0n) is 27.4. The second-order valence-corrected chi connectivity index (χ2v) is 15.6. The Bertz CT molecular complexity index is 1380. The van der Waals surface area contributed by atoms with Crippen molar-refractivity contribution in [3.05, 3.63) is 41.3 Å². The molecule has 46 heavy (non-hydrogen) atoms. The lowest BCUT2D eigenvalue weighted by molar-refractivity contribution is -0.0123. The number of fused-ring (bicyclic) bond motifs is 1. The third-order valence-corrected chi connectivity index (χ3v) is 11.6. The number of urea groups is 1. The third-order valence-electron chi connectivity index (χ3n) is 8.80. The fourth-order valence-electron chi connectivity index (χ4n) is 5.96. The molecule has 3 amide bonds. The van der Waals surface area contributed by atoms with Crippen LogP contribution in [0, 0.1) is 5.92 Å². The second kappa shape index (κ2) is 16.8. The summed E-state index contributed by atoms with van der Waals surface area (Å²) in [6.45, 7) is 6.51. The molecule has 11 nitrogen and oxygen atoms in total. The highest BCUT2D eigenvalue weighted by atomic mass is 32.2. The van der Waals surface area contributed by atoms with E-state index in [1.807, 2.05) is 13.8 Å². The third kappa shape index (κ3) is 9.82. The van der Waals surface area contributed by atoms with Crippen molar-refractivity contribution >= 4 is 39.0 Å². The smallest absolute Gasteiger partial charge is 0.317 e. The summed E-state index contributed by atoms with van der Waals surface area (Å²) in [4.78, 5) is 30.7. The Balaban J connectivity index is 1.60. The molecule has 4 atom stereocenters. The van der Waals surface area contributed by atoms with Gasteiger partial charge in [-0.2, -0.15) is 0 Å². The van der Waals surface area contributed by atoms with E-state index in [9.17, 15) is 23.1 Å². The molecule has 1 aromatic carbocycles. The Hall–Kier alpha value is -2.87. The van der Waals surface area contributed by atoms with Crippen LogP contribution in [0.5, 0.6) is 5.75 Å². The second-order valence-electron chi connectivity index (χ2n) is 12.7. The van der Waals surface area contributed by atoms with Crippen LogP contribution in [0.2, 0.25) is 0 Å². The monoisotopic (exact) mass is 678 g/mol. The molecule has 1 fully saturated rings. The van der Waals surface area contributed by atoms with Crippen LogP contribution < -0.4 is 14.8 Å². The van der Waals surface area contributed by atoms with E-state index in [0.29, 0.717) is 18.9 Å². The Kier molecular flexibility index (Phi) is 13.1. The minimum Gasteiger partial charge on any atom is -0.490 e. The van der Waals surface area contributed by atoms with Gasteiger partial charge in [-0.05, 0) is 75.6 Å². The zero-order valence-corrected chi connectivity index (χ0v) is 29.1. The lowest BCUT2D eigenvalue weighted by Crippen LogP contribution is -2.50. The van der Waals surface area contributed by atoms with E-state index in [-0.39, 0.29) is 58.8 Å². The van der Waals surface area contributed by atoms with Gasteiger partial charge in [0.25, 0.3) is 15.9 Å². The molecular weight excluding hydrogens is 629 g/mol. The van der Waals surface area contributed by atoms with Crippen LogP contribution in [0.25, 0.3) is 0 Å². The number of aliphatic hydroxyl groups excluding tert-OH is 1. The highest BCUT2D eigenvalue weighted by Gasteiger charge is 2.31. The van der Waals surface area contributed by atoms with E-state index in [2.05, 4.69) is 10.0 Å². The first-order valence-corrected chi connectivity index (χ1v) is 18.8. The Morgan fingerprint density at radius 3 is 2.57 bits per heavy atom. The van der Waals surface area contributed by atoms with Gasteiger partial charge in [0, 0.05) is 44.4 Å². The van der Waals surface area contributed by atoms with E-state index in [4.69, 9.17) is 9.47 Å². The normalized spacial score (nSPS) is 23.0. The fraction of sp³-hybridized carbons (Fsp3) is 0.636. The molecule has 1 aliphatic heterocycles. The van der Waals surface area contributed by atoms with E-state index >= 15 is 0 Å². The Morgan fingerprint density at radius 1 is 1.13 bits per heavy atom. The van der Waals surface area contributed by atoms with Gasteiger partial charge in [0.2, 0.25) is 0 Å². The quantitative estimate of drug-likeness (QED) is 0.344. The zero-order chi connectivity index (χ0) is 33.3. The maximum Gasteiger partial charge on any atom is 0.317 e. The van der Waals surface area contributed by atoms with Gasteiger partial charge in [-0.3, -0.25) is 9.52 Å². The molecule has 1 aromatic heterocycles. The largest absolute Gasteiger partial charge is 0.490 e.